The molecule has 0 radical (unpaired) electrons. The smallest absolute Gasteiger partial charge is 0.361 e. The normalized spacial score (nSPS) is 13.6. The molecule has 7 heteroatoms. The van der Waals surface area contributed by atoms with Gasteiger partial charge in [0.15, 0.2) is 0 Å². The van der Waals surface area contributed by atoms with Crippen LogP contribution in [0.5, 0.6) is 0 Å². The molecule has 0 spiro atoms. The zero-order valence-corrected chi connectivity index (χ0v) is 13.9. The highest BCUT2D eigenvalue weighted by atomic mass is 28.4. The maximum absolute atomic E-state index is 5.52. The van der Waals surface area contributed by atoms with E-state index in [9.17, 15) is 0 Å². The molecular formula is C12H26N2O4Si. The lowest BCUT2D eigenvalue weighted by Crippen LogP contribution is -2.47. The van der Waals surface area contributed by atoms with Gasteiger partial charge in [-0.3, -0.25) is 0 Å². The molecule has 0 amide bonds. The van der Waals surface area contributed by atoms with E-state index in [2.05, 4.69) is 10.3 Å². The van der Waals surface area contributed by atoms with Crippen molar-refractivity contribution < 1.29 is 17.9 Å². The van der Waals surface area contributed by atoms with E-state index < -0.39 is 9.05 Å². The maximum Gasteiger partial charge on any atom is 0.863 e. The molecule has 6 nitrogen and oxygen atoms in total. The van der Waals surface area contributed by atoms with Crippen LogP contribution in [-0.2, 0) is 17.9 Å². The topological polar surface area (TPSA) is 61.6 Å². The maximum atomic E-state index is 5.52. The average Bonchev–Trinajstić information content (AvgIpc) is 2.42. The van der Waals surface area contributed by atoms with Crippen LogP contribution < -0.4 is 0 Å². The van der Waals surface area contributed by atoms with Crippen molar-refractivity contribution in [1.82, 2.24) is 0 Å². The first-order valence-corrected chi connectivity index (χ1v) is 8.37. The number of hydrogen-bond donors (Lipinski definition) is 0. The monoisotopic (exact) mass is 290 g/mol. The summed E-state index contributed by atoms with van der Waals surface area (Å²) < 4.78 is 21.9. The Morgan fingerprint density at radius 3 is 1.42 bits per heavy atom. The Kier molecular flexibility index (Phi) is 9.45. The van der Waals surface area contributed by atoms with E-state index in [-0.39, 0.29) is 0 Å². The summed E-state index contributed by atoms with van der Waals surface area (Å²) in [6.45, 7) is 12.2. The van der Waals surface area contributed by atoms with E-state index in [0.29, 0.717) is 13.2 Å². The molecule has 0 N–H and O–H groups in total. The van der Waals surface area contributed by atoms with Gasteiger partial charge in [-0.1, -0.05) is 13.8 Å². The highest BCUT2D eigenvalue weighted by molar-refractivity contribution is 6.53. The van der Waals surface area contributed by atoms with Gasteiger partial charge in [-0.2, -0.15) is 0 Å². The van der Waals surface area contributed by atoms with Crippen LogP contribution in [0.3, 0.4) is 0 Å². The summed E-state index contributed by atoms with van der Waals surface area (Å²) in [5.74, 6) is 0. The SMILES string of the molecule is CCO[Si](OCC)(O/N=C(\C)CC)O/N=C(\C)CC. The van der Waals surface area contributed by atoms with Crippen molar-refractivity contribution >= 4 is 20.5 Å². The molecule has 0 aliphatic heterocycles. The highest BCUT2D eigenvalue weighted by Gasteiger charge is 2.53. The quantitative estimate of drug-likeness (QED) is 0.352. The molecule has 0 unspecified atom stereocenters. The molecule has 0 atom stereocenters. The molecule has 0 aliphatic carbocycles. The molecule has 0 saturated heterocycles. The molecule has 0 aromatic heterocycles. The summed E-state index contributed by atoms with van der Waals surface area (Å²) in [7, 11) is -3.33. The third-order valence-corrected chi connectivity index (χ3v) is 4.21. The van der Waals surface area contributed by atoms with Crippen molar-refractivity contribution in [2.45, 2.75) is 54.4 Å². The summed E-state index contributed by atoms with van der Waals surface area (Å²) in [6, 6.07) is 0. The Morgan fingerprint density at radius 2 is 1.16 bits per heavy atom. The first-order valence-electron chi connectivity index (χ1n) is 6.74. The molecular weight excluding hydrogens is 264 g/mol. The predicted molar refractivity (Wildman–Crippen MR) is 78.0 cm³/mol. The second-order valence-electron chi connectivity index (χ2n) is 3.91. The minimum absolute atomic E-state index is 0.410. The number of oxime groups is 2. The minimum atomic E-state index is -3.33. The molecule has 0 aromatic carbocycles. The van der Waals surface area contributed by atoms with Crippen LogP contribution in [0.2, 0.25) is 0 Å². The molecule has 0 aliphatic rings. The first-order chi connectivity index (χ1) is 9.03. The molecule has 112 valence electrons. The summed E-state index contributed by atoms with van der Waals surface area (Å²) in [5.41, 5.74) is 1.69. The molecule has 0 bridgehead atoms. The molecule has 0 heterocycles. The van der Waals surface area contributed by atoms with Crippen molar-refractivity contribution in [1.29, 1.82) is 0 Å². The minimum Gasteiger partial charge on any atom is -0.361 e. The van der Waals surface area contributed by atoms with Crippen LogP contribution in [-0.4, -0.2) is 33.7 Å². The van der Waals surface area contributed by atoms with Gasteiger partial charge in [-0.05, 0) is 40.5 Å². The molecule has 0 aromatic rings. The second kappa shape index (κ2) is 9.94. The van der Waals surface area contributed by atoms with Crippen molar-refractivity contribution in [3.05, 3.63) is 0 Å². The number of rotatable bonds is 10. The molecule has 0 saturated carbocycles. The van der Waals surface area contributed by atoms with E-state index in [1.54, 1.807) is 0 Å². The molecule has 0 fully saturated rings. The van der Waals surface area contributed by atoms with Gasteiger partial charge in [-0.15, -0.1) is 10.3 Å². The lowest BCUT2D eigenvalue weighted by atomic mass is 10.3. The predicted octanol–water partition coefficient (Wildman–Crippen LogP) is 3.10. The summed E-state index contributed by atoms with van der Waals surface area (Å²) in [5, 5.41) is 7.98. The van der Waals surface area contributed by atoms with E-state index in [1.807, 2.05) is 41.5 Å². The summed E-state index contributed by atoms with van der Waals surface area (Å²) >= 11 is 0. The summed E-state index contributed by atoms with van der Waals surface area (Å²) in [6.07, 6.45) is 1.58. The summed E-state index contributed by atoms with van der Waals surface area (Å²) in [4.78, 5) is 0. The number of hydrogen-bond acceptors (Lipinski definition) is 6. The van der Waals surface area contributed by atoms with Gasteiger partial charge in [0.2, 0.25) is 0 Å². The Morgan fingerprint density at radius 1 is 0.789 bits per heavy atom. The van der Waals surface area contributed by atoms with Gasteiger partial charge < -0.3 is 17.9 Å². The third-order valence-electron chi connectivity index (χ3n) is 2.29. The fourth-order valence-corrected chi connectivity index (χ4v) is 2.48. The van der Waals surface area contributed by atoms with E-state index in [1.165, 1.54) is 0 Å². The van der Waals surface area contributed by atoms with Gasteiger partial charge in [0, 0.05) is 13.2 Å². The van der Waals surface area contributed by atoms with Crippen LogP contribution in [0.1, 0.15) is 54.4 Å². The molecule has 0 rings (SSSR count). The van der Waals surface area contributed by atoms with E-state index >= 15 is 0 Å². The Labute approximate surface area is 117 Å². The van der Waals surface area contributed by atoms with Crippen LogP contribution in [0.4, 0.5) is 0 Å². The van der Waals surface area contributed by atoms with E-state index in [4.69, 9.17) is 17.9 Å². The highest BCUT2D eigenvalue weighted by Crippen LogP contribution is 2.14. The van der Waals surface area contributed by atoms with Crippen LogP contribution in [0.15, 0.2) is 10.3 Å². The van der Waals surface area contributed by atoms with Gasteiger partial charge in [0.1, 0.15) is 0 Å². The third kappa shape index (κ3) is 7.29. The lowest BCUT2D eigenvalue weighted by molar-refractivity contribution is -0.0283. The fraction of sp³-hybridized carbons (Fsp3) is 0.833. The van der Waals surface area contributed by atoms with Crippen LogP contribution in [0, 0.1) is 0 Å². The van der Waals surface area contributed by atoms with Gasteiger partial charge in [0.25, 0.3) is 0 Å². The lowest BCUT2D eigenvalue weighted by Gasteiger charge is -2.21. The standard InChI is InChI=1S/C12H26N2O4Si/c1-7-11(5)13-17-19(15-9-3,16-10-4)18-14-12(6)8-2/h7-10H2,1-6H3/b13-11+,14-12+. The Bertz CT molecular complexity index is 278. The van der Waals surface area contributed by atoms with Crippen molar-refractivity contribution in [3.63, 3.8) is 0 Å². The fourth-order valence-electron chi connectivity index (χ4n) is 0.914. The van der Waals surface area contributed by atoms with E-state index in [0.717, 1.165) is 24.3 Å². The second-order valence-corrected chi connectivity index (χ2v) is 5.85. The average molecular weight is 290 g/mol. The number of nitrogens with zero attached hydrogens (tertiary/aromatic N) is 2. The van der Waals surface area contributed by atoms with Gasteiger partial charge in [0.05, 0.1) is 11.4 Å². The largest absolute Gasteiger partial charge is 0.863 e. The van der Waals surface area contributed by atoms with Crippen molar-refractivity contribution in [2.24, 2.45) is 10.3 Å². The van der Waals surface area contributed by atoms with Crippen molar-refractivity contribution in [2.75, 3.05) is 13.2 Å². The zero-order valence-electron chi connectivity index (χ0n) is 12.9. The van der Waals surface area contributed by atoms with Crippen molar-refractivity contribution in [3.8, 4) is 0 Å². The Hall–Kier alpha value is -0.923. The Balaban J connectivity index is 4.94. The van der Waals surface area contributed by atoms with Crippen LogP contribution >= 0.6 is 0 Å². The first kappa shape index (κ1) is 18.1. The zero-order chi connectivity index (χ0) is 14.7. The van der Waals surface area contributed by atoms with Gasteiger partial charge >= 0.3 is 9.05 Å². The van der Waals surface area contributed by atoms with Crippen LogP contribution in [0.25, 0.3) is 0 Å². The van der Waals surface area contributed by atoms with Gasteiger partial charge in [-0.25, -0.2) is 0 Å². The molecule has 19 heavy (non-hydrogen) atoms.